The lowest BCUT2D eigenvalue weighted by Gasteiger charge is -2.44. The first-order valence-electron chi connectivity index (χ1n) is 6.58. The van der Waals surface area contributed by atoms with Gasteiger partial charge >= 0.3 is 0 Å². The highest BCUT2D eigenvalue weighted by Crippen LogP contribution is 2.56. The van der Waals surface area contributed by atoms with E-state index in [4.69, 9.17) is 0 Å². The van der Waals surface area contributed by atoms with Gasteiger partial charge in [-0.2, -0.15) is 0 Å². The molecule has 1 saturated heterocycles. The van der Waals surface area contributed by atoms with Crippen molar-refractivity contribution in [2.45, 2.75) is 31.0 Å². The quantitative estimate of drug-likeness (QED) is 0.620. The van der Waals surface area contributed by atoms with E-state index in [0.29, 0.717) is 23.3 Å². The van der Waals surface area contributed by atoms with Gasteiger partial charge in [-0.1, -0.05) is 21.5 Å². The third-order valence-electron chi connectivity index (χ3n) is 4.68. The van der Waals surface area contributed by atoms with Crippen LogP contribution >= 0.6 is 15.9 Å². The van der Waals surface area contributed by atoms with E-state index in [1.165, 1.54) is 6.08 Å². The minimum atomic E-state index is -3.28. The smallest absolute Gasteiger partial charge is 0.176 e. The van der Waals surface area contributed by atoms with Gasteiger partial charge in [-0.05, 0) is 38.3 Å². The summed E-state index contributed by atoms with van der Waals surface area (Å²) >= 11 is 3.50. The predicted octanol–water partition coefficient (Wildman–Crippen LogP) is 1.95. The zero-order valence-corrected chi connectivity index (χ0v) is 13.7. The maximum Gasteiger partial charge on any atom is 0.176 e. The van der Waals surface area contributed by atoms with Crippen LogP contribution in [-0.4, -0.2) is 30.1 Å². The van der Waals surface area contributed by atoms with E-state index in [9.17, 15) is 18.0 Å². The Kier molecular flexibility index (Phi) is 2.93. The molecule has 4 nitrogen and oxygen atoms in total. The van der Waals surface area contributed by atoms with Gasteiger partial charge in [0.1, 0.15) is 4.32 Å². The Morgan fingerprint density at radius 2 is 1.90 bits per heavy atom. The Morgan fingerprint density at radius 3 is 2.55 bits per heavy atom. The highest BCUT2D eigenvalue weighted by molar-refractivity contribution is 9.10. The standard InChI is InChI=1S/C14H15BrO4S/c1-7-5-10-11(16)6-8(2)13(17)14(10,15)9-3-4-20(18,19)12(7)9/h6,9-10H,3-5H2,1-2H3/t9-,10+,14-/m1/s1. The van der Waals surface area contributed by atoms with Gasteiger partial charge in [-0.15, -0.1) is 0 Å². The lowest BCUT2D eigenvalue weighted by atomic mass is 9.65. The van der Waals surface area contributed by atoms with Gasteiger partial charge in [0.25, 0.3) is 0 Å². The van der Waals surface area contributed by atoms with E-state index in [2.05, 4.69) is 15.9 Å². The molecule has 1 aliphatic heterocycles. The molecule has 0 bridgehead atoms. The summed E-state index contributed by atoms with van der Waals surface area (Å²) in [5.74, 6) is -1.06. The van der Waals surface area contributed by atoms with Crippen LogP contribution in [0.15, 0.2) is 22.1 Å². The molecule has 0 spiro atoms. The van der Waals surface area contributed by atoms with Crippen LogP contribution < -0.4 is 0 Å². The fourth-order valence-electron chi connectivity index (χ4n) is 3.80. The Morgan fingerprint density at radius 1 is 1.25 bits per heavy atom. The number of ketones is 2. The van der Waals surface area contributed by atoms with Gasteiger partial charge in [0.2, 0.25) is 0 Å². The second-order valence-electron chi connectivity index (χ2n) is 5.89. The summed E-state index contributed by atoms with van der Waals surface area (Å²) in [4.78, 5) is 25.2. The molecule has 108 valence electrons. The van der Waals surface area contributed by atoms with E-state index >= 15 is 0 Å². The number of alkyl halides is 1. The first-order valence-corrected chi connectivity index (χ1v) is 9.02. The molecular formula is C14H15BrO4S. The Labute approximate surface area is 126 Å². The monoisotopic (exact) mass is 358 g/mol. The molecule has 20 heavy (non-hydrogen) atoms. The molecule has 0 aromatic heterocycles. The van der Waals surface area contributed by atoms with Gasteiger partial charge in [0.05, 0.1) is 5.75 Å². The number of fused-ring (bicyclic) bond motifs is 3. The molecule has 6 heteroatoms. The first kappa shape index (κ1) is 14.2. The maximum absolute atomic E-state index is 12.6. The highest BCUT2D eigenvalue weighted by atomic mass is 79.9. The van der Waals surface area contributed by atoms with Crippen molar-refractivity contribution in [2.75, 3.05) is 5.75 Å². The van der Waals surface area contributed by atoms with Crippen LogP contribution in [0.2, 0.25) is 0 Å². The molecule has 1 fully saturated rings. The minimum Gasteiger partial charge on any atom is -0.294 e. The van der Waals surface area contributed by atoms with Gasteiger partial charge < -0.3 is 0 Å². The summed E-state index contributed by atoms with van der Waals surface area (Å²) in [6.07, 6.45) is 2.14. The van der Waals surface area contributed by atoms with Crippen LogP contribution in [0, 0.1) is 11.8 Å². The van der Waals surface area contributed by atoms with Crippen LogP contribution in [0.4, 0.5) is 0 Å². The van der Waals surface area contributed by atoms with Gasteiger partial charge in [-0.25, -0.2) is 8.42 Å². The minimum absolute atomic E-state index is 0.0641. The zero-order valence-electron chi connectivity index (χ0n) is 11.3. The van der Waals surface area contributed by atoms with E-state index in [1.54, 1.807) is 13.8 Å². The number of sulfone groups is 1. The first-order chi connectivity index (χ1) is 9.19. The number of hydrogen-bond acceptors (Lipinski definition) is 4. The Bertz CT molecular complexity index is 701. The van der Waals surface area contributed by atoms with Crippen molar-refractivity contribution >= 4 is 37.3 Å². The van der Waals surface area contributed by atoms with E-state index in [0.717, 1.165) is 5.57 Å². The van der Waals surface area contributed by atoms with Crippen LogP contribution in [0.1, 0.15) is 26.7 Å². The third-order valence-corrected chi connectivity index (χ3v) is 8.22. The molecule has 3 rings (SSSR count). The van der Waals surface area contributed by atoms with E-state index < -0.39 is 26.0 Å². The van der Waals surface area contributed by atoms with Gasteiger partial charge in [0.15, 0.2) is 21.4 Å². The summed E-state index contributed by atoms with van der Waals surface area (Å²) in [5, 5.41) is 0. The Balaban J connectivity index is 2.25. The SMILES string of the molecule is CC1=CC(=O)[C@@H]2CC(C)=C3[C@@H](CCS3(=O)=O)[C@]2(Br)C1=O. The molecule has 3 aliphatic rings. The molecule has 0 radical (unpaired) electrons. The van der Waals surface area contributed by atoms with Gasteiger partial charge in [0, 0.05) is 16.7 Å². The molecule has 0 aromatic carbocycles. The molecule has 0 N–H and O–H groups in total. The molecule has 0 aromatic rings. The molecular weight excluding hydrogens is 344 g/mol. The normalized spacial score (nSPS) is 39.5. The number of Topliss-reactive ketones (excluding diaryl/α,β-unsaturated/α-hetero) is 1. The van der Waals surface area contributed by atoms with Crippen molar-refractivity contribution in [2.24, 2.45) is 11.8 Å². The van der Waals surface area contributed by atoms with Crippen LogP contribution in [0.5, 0.6) is 0 Å². The number of carbonyl (C=O) groups is 2. The van der Waals surface area contributed by atoms with Crippen molar-refractivity contribution in [1.82, 2.24) is 0 Å². The lowest BCUT2D eigenvalue weighted by Crippen LogP contribution is -2.54. The second kappa shape index (κ2) is 4.13. The fourth-order valence-corrected chi connectivity index (χ4v) is 7.23. The molecule has 0 amide bonds. The Hall–Kier alpha value is -0.750. The number of rotatable bonds is 0. The summed E-state index contributed by atoms with van der Waals surface area (Å²) in [7, 11) is -3.28. The third kappa shape index (κ3) is 1.61. The van der Waals surface area contributed by atoms with Crippen molar-refractivity contribution in [3.63, 3.8) is 0 Å². The second-order valence-corrected chi connectivity index (χ2v) is 9.28. The summed E-state index contributed by atoms with van der Waals surface area (Å²) in [5.41, 5.74) is 1.15. The van der Waals surface area contributed by atoms with Crippen molar-refractivity contribution < 1.29 is 18.0 Å². The fraction of sp³-hybridized carbons (Fsp3) is 0.571. The number of hydrogen-bond donors (Lipinski definition) is 0. The predicted molar refractivity (Wildman–Crippen MR) is 78.1 cm³/mol. The average molecular weight is 359 g/mol. The highest BCUT2D eigenvalue weighted by Gasteiger charge is 2.61. The molecule has 0 unspecified atom stereocenters. The lowest BCUT2D eigenvalue weighted by molar-refractivity contribution is -0.129. The maximum atomic E-state index is 12.6. The molecule has 2 aliphatic carbocycles. The zero-order chi connectivity index (χ0) is 14.9. The summed E-state index contributed by atoms with van der Waals surface area (Å²) in [6, 6.07) is 0. The molecule has 3 atom stereocenters. The van der Waals surface area contributed by atoms with Crippen molar-refractivity contribution in [3.05, 3.63) is 22.1 Å². The van der Waals surface area contributed by atoms with Crippen molar-refractivity contribution in [3.8, 4) is 0 Å². The van der Waals surface area contributed by atoms with E-state index in [-0.39, 0.29) is 17.3 Å². The van der Waals surface area contributed by atoms with Crippen LogP contribution in [-0.2, 0) is 19.4 Å². The van der Waals surface area contributed by atoms with Crippen LogP contribution in [0.25, 0.3) is 0 Å². The number of carbonyl (C=O) groups excluding carboxylic acids is 2. The topological polar surface area (TPSA) is 68.3 Å². The average Bonchev–Trinajstić information content (AvgIpc) is 2.68. The largest absolute Gasteiger partial charge is 0.294 e. The van der Waals surface area contributed by atoms with Gasteiger partial charge in [-0.3, -0.25) is 9.59 Å². The van der Waals surface area contributed by atoms with Crippen molar-refractivity contribution in [1.29, 1.82) is 0 Å². The summed E-state index contributed by atoms with van der Waals surface area (Å²) in [6.45, 7) is 3.38. The molecule has 0 saturated carbocycles. The molecule has 1 heterocycles. The number of allylic oxidation sites excluding steroid dienone is 4. The van der Waals surface area contributed by atoms with E-state index in [1.807, 2.05) is 0 Å². The van der Waals surface area contributed by atoms with Crippen LogP contribution in [0.3, 0.4) is 0 Å². The summed E-state index contributed by atoms with van der Waals surface area (Å²) < 4.78 is 23.3. The number of halogens is 1.